The van der Waals surface area contributed by atoms with E-state index < -0.39 is 0 Å². The van der Waals surface area contributed by atoms with Crippen LogP contribution in [0.4, 0.5) is 0 Å². The molecule has 0 unspecified atom stereocenters. The number of hydrogen-bond donors (Lipinski definition) is 3. The number of carbonyl (C=O) groups is 1. The molecule has 76 valence electrons. The summed E-state index contributed by atoms with van der Waals surface area (Å²) in [7, 11) is 0. The molecule has 0 aromatic rings. The topological polar surface area (TPSA) is 79.0 Å². The Labute approximate surface area is 79.4 Å². The van der Waals surface area contributed by atoms with Crippen LogP contribution in [0.2, 0.25) is 0 Å². The molecule has 4 nitrogen and oxygen atoms in total. The van der Waals surface area contributed by atoms with Crippen LogP contribution in [-0.2, 0) is 4.79 Å². The van der Waals surface area contributed by atoms with Crippen molar-refractivity contribution in [2.24, 2.45) is 5.73 Å². The Balaban J connectivity index is 3.22. The third kappa shape index (κ3) is 8.85. The zero-order chi connectivity index (χ0) is 10.1. The van der Waals surface area contributed by atoms with Crippen LogP contribution in [0.5, 0.6) is 0 Å². The van der Waals surface area contributed by atoms with E-state index in [0.717, 1.165) is 12.8 Å². The quantitative estimate of drug-likeness (QED) is 0.332. The second kappa shape index (κ2) is 7.58. The van der Waals surface area contributed by atoms with Gasteiger partial charge < -0.3 is 5.73 Å². The molecule has 0 saturated carbocycles. The highest BCUT2D eigenvalue weighted by Crippen LogP contribution is 2.04. The Kier molecular flexibility index (Phi) is 6.96. The number of unbranched alkanes of at least 4 members (excludes halogenated alkanes) is 4. The van der Waals surface area contributed by atoms with Gasteiger partial charge >= 0.3 is 0 Å². The smallest absolute Gasteiger partial charge is 0.226 e. The molecule has 0 aromatic heterocycles. The monoisotopic (exact) mass is 185 g/mol. The summed E-state index contributed by atoms with van der Waals surface area (Å²) in [5, 5.41) is 9.07. The fraction of sp³-hybridized carbons (Fsp3) is 0.778. The average molecular weight is 185 g/mol. The van der Waals surface area contributed by atoms with Crippen LogP contribution in [0.25, 0.3) is 0 Å². The second-order valence-electron chi connectivity index (χ2n) is 3.13. The molecule has 0 atom stereocenters. The normalized spacial score (nSPS) is 9.62. The summed E-state index contributed by atoms with van der Waals surface area (Å²) >= 11 is 0. The van der Waals surface area contributed by atoms with E-state index in [2.05, 4.69) is 12.2 Å². The maximum absolute atomic E-state index is 11.0. The summed E-state index contributed by atoms with van der Waals surface area (Å²) in [6, 6.07) is 0. The standard InChI is InChI=1S/C9H19N3O/c1-2-3-4-5-6-7-8(13)12-9(10)11/h2-7H2,1H3,(H4,10,11,12,13). The number of carbonyl (C=O) groups excluding carboxylic acids is 1. The molecule has 0 saturated heterocycles. The van der Waals surface area contributed by atoms with Gasteiger partial charge in [-0.3, -0.25) is 15.5 Å². The average Bonchev–Trinajstić information content (AvgIpc) is 2.02. The Morgan fingerprint density at radius 2 is 1.92 bits per heavy atom. The first-order chi connectivity index (χ1) is 6.16. The van der Waals surface area contributed by atoms with Crippen molar-refractivity contribution in [2.45, 2.75) is 45.4 Å². The van der Waals surface area contributed by atoms with Crippen molar-refractivity contribution >= 4 is 11.9 Å². The highest BCUT2D eigenvalue weighted by atomic mass is 16.1. The van der Waals surface area contributed by atoms with Gasteiger partial charge in [-0.1, -0.05) is 32.6 Å². The fourth-order valence-corrected chi connectivity index (χ4v) is 1.10. The summed E-state index contributed by atoms with van der Waals surface area (Å²) in [5.41, 5.74) is 5.00. The molecular weight excluding hydrogens is 166 g/mol. The number of rotatable bonds is 6. The van der Waals surface area contributed by atoms with E-state index in [9.17, 15) is 4.79 Å². The second-order valence-corrected chi connectivity index (χ2v) is 3.13. The van der Waals surface area contributed by atoms with Gasteiger partial charge in [-0.2, -0.15) is 0 Å². The van der Waals surface area contributed by atoms with Gasteiger partial charge in [0, 0.05) is 6.42 Å². The molecule has 0 bridgehead atoms. The summed E-state index contributed by atoms with van der Waals surface area (Å²) < 4.78 is 0. The minimum absolute atomic E-state index is 0.149. The lowest BCUT2D eigenvalue weighted by Gasteiger charge is -2.01. The van der Waals surface area contributed by atoms with Crippen LogP contribution in [0.1, 0.15) is 45.4 Å². The molecule has 13 heavy (non-hydrogen) atoms. The zero-order valence-corrected chi connectivity index (χ0v) is 8.23. The molecule has 0 aliphatic rings. The van der Waals surface area contributed by atoms with Crippen molar-refractivity contribution in [1.82, 2.24) is 5.32 Å². The molecular formula is C9H19N3O. The number of guanidine groups is 1. The Morgan fingerprint density at radius 1 is 1.31 bits per heavy atom. The predicted molar refractivity (Wildman–Crippen MR) is 53.4 cm³/mol. The van der Waals surface area contributed by atoms with E-state index in [0.29, 0.717) is 6.42 Å². The zero-order valence-electron chi connectivity index (χ0n) is 8.23. The third-order valence-electron chi connectivity index (χ3n) is 1.78. The van der Waals surface area contributed by atoms with Gasteiger partial charge in [0.1, 0.15) is 0 Å². The van der Waals surface area contributed by atoms with Crippen molar-refractivity contribution in [1.29, 1.82) is 5.41 Å². The van der Waals surface area contributed by atoms with E-state index in [1.54, 1.807) is 0 Å². The van der Waals surface area contributed by atoms with E-state index >= 15 is 0 Å². The van der Waals surface area contributed by atoms with Crippen molar-refractivity contribution in [3.05, 3.63) is 0 Å². The van der Waals surface area contributed by atoms with E-state index in [1.807, 2.05) is 0 Å². The lowest BCUT2D eigenvalue weighted by molar-refractivity contribution is -0.119. The van der Waals surface area contributed by atoms with Crippen LogP contribution < -0.4 is 11.1 Å². The first kappa shape index (κ1) is 11.9. The van der Waals surface area contributed by atoms with Crippen LogP contribution in [0.3, 0.4) is 0 Å². The van der Waals surface area contributed by atoms with Gasteiger partial charge in [0.05, 0.1) is 0 Å². The summed E-state index contributed by atoms with van der Waals surface area (Å²) in [4.78, 5) is 11.0. The maximum atomic E-state index is 11.0. The molecule has 4 N–H and O–H groups in total. The fourth-order valence-electron chi connectivity index (χ4n) is 1.10. The van der Waals surface area contributed by atoms with Gasteiger partial charge in [0.2, 0.25) is 5.91 Å². The molecule has 0 aliphatic heterocycles. The molecule has 0 rings (SSSR count). The largest absolute Gasteiger partial charge is 0.370 e. The molecule has 0 radical (unpaired) electrons. The minimum Gasteiger partial charge on any atom is -0.370 e. The van der Waals surface area contributed by atoms with Crippen LogP contribution in [-0.4, -0.2) is 11.9 Å². The van der Waals surface area contributed by atoms with Crippen LogP contribution in [0.15, 0.2) is 0 Å². The molecule has 4 heteroatoms. The Morgan fingerprint density at radius 3 is 2.46 bits per heavy atom. The van der Waals surface area contributed by atoms with Gasteiger partial charge in [-0.15, -0.1) is 0 Å². The van der Waals surface area contributed by atoms with Crippen LogP contribution >= 0.6 is 0 Å². The van der Waals surface area contributed by atoms with Gasteiger partial charge in [0.15, 0.2) is 5.96 Å². The first-order valence-corrected chi connectivity index (χ1v) is 4.80. The highest BCUT2D eigenvalue weighted by Gasteiger charge is 2.00. The maximum Gasteiger partial charge on any atom is 0.226 e. The van der Waals surface area contributed by atoms with Crippen molar-refractivity contribution in [3.63, 3.8) is 0 Å². The summed E-state index contributed by atoms with van der Waals surface area (Å²) in [6.45, 7) is 2.16. The molecule has 1 amide bonds. The SMILES string of the molecule is CCCCCCCC(=O)NC(=N)N. The predicted octanol–water partition coefficient (Wildman–Crippen LogP) is 1.36. The number of amides is 1. The number of hydrogen-bond acceptors (Lipinski definition) is 2. The van der Waals surface area contributed by atoms with Crippen LogP contribution in [0, 0.1) is 5.41 Å². The third-order valence-corrected chi connectivity index (χ3v) is 1.78. The van der Waals surface area contributed by atoms with Gasteiger partial charge in [-0.05, 0) is 6.42 Å². The van der Waals surface area contributed by atoms with E-state index in [-0.39, 0.29) is 11.9 Å². The molecule has 0 aliphatic carbocycles. The van der Waals surface area contributed by atoms with E-state index in [4.69, 9.17) is 11.1 Å². The van der Waals surface area contributed by atoms with E-state index in [1.165, 1.54) is 19.3 Å². The minimum atomic E-state index is -0.265. The van der Waals surface area contributed by atoms with Gasteiger partial charge in [0.25, 0.3) is 0 Å². The summed E-state index contributed by atoms with van der Waals surface area (Å²) in [6.07, 6.45) is 6.07. The molecule has 0 fully saturated rings. The number of nitrogens with two attached hydrogens (primary N) is 1. The molecule has 0 heterocycles. The number of nitrogens with one attached hydrogen (secondary N) is 2. The molecule has 0 spiro atoms. The van der Waals surface area contributed by atoms with Gasteiger partial charge in [-0.25, -0.2) is 0 Å². The van der Waals surface area contributed by atoms with Crippen molar-refractivity contribution < 1.29 is 4.79 Å². The first-order valence-electron chi connectivity index (χ1n) is 4.80. The lowest BCUT2D eigenvalue weighted by Crippen LogP contribution is -2.35. The Bertz CT molecular complexity index is 168. The lowest BCUT2D eigenvalue weighted by atomic mass is 10.1. The Hall–Kier alpha value is -1.06. The van der Waals surface area contributed by atoms with Crippen molar-refractivity contribution in [3.8, 4) is 0 Å². The molecule has 0 aromatic carbocycles. The highest BCUT2D eigenvalue weighted by molar-refractivity contribution is 5.94. The summed E-state index contributed by atoms with van der Waals surface area (Å²) in [5.74, 6) is -0.414. The van der Waals surface area contributed by atoms with Crippen molar-refractivity contribution in [2.75, 3.05) is 0 Å².